The molecule has 0 aromatic rings. The number of allylic oxidation sites excluding steroid dienone is 1. The lowest BCUT2D eigenvalue weighted by atomic mass is 9.80. The highest BCUT2D eigenvalue weighted by molar-refractivity contribution is 6.47. The van der Waals surface area contributed by atoms with E-state index in [9.17, 15) is 4.79 Å². The Labute approximate surface area is 129 Å². The van der Waals surface area contributed by atoms with E-state index in [-0.39, 0.29) is 17.2 Å². The van der Waals surface area contributed by atoms with Crippen LogP contribution >= 0.6 is 0 Å². The van der Waals surface area contributed by atoms with E-state index in [0.717, 1.165) is 19.3 Å². The maximum absolute atomic E-state index is 12.0. The quantitative estimate of drug-likeness (QED) is 0.310. The minimum Gasteiger partial charge on any atom is -0.463 e. The highest BCUT2D eigenvalue weighted by atomic mass is 16.7. The first kappa shape index (κ1) is 18.2. The second kappa shape index (κ2) is 7.46. The Bertz CT molecular complexity index is 372. The molecule has 0 aromatic heterocycles. The van der Waals surface area contributed by atoms with Crippen LogP contribution in [0.15, 0.2) is 11.6 Å². The molecule has 1 rings (SSSR count). The van der Waals surface area contributed by atoms with E-state index >= 15 is 0 Å². The van der Waals surface area contributed by atoms with Gasteiger partial charge >= 0.3 is 13.1 Å². The topological polar surface area (TPSA) is 44.8 Å². The molecule has 1 aliphatic rings. The van der Waals surface area contributed by atoms with Crippen molar-refractivity contribution < 1.29 is 18.8 Å². The lowest BCUT2D eigenvalue weighted by Crippen LogP contribution is -2.41. The van der Waals surface area contributed by atoms with Gasteiger partial charge in [0.1, 0.15) is 0 Å². The third kappa shape index (κ3) is 4.85. The smallest absolute Gasteiger partial charge is 0.462 e. The van der Waals surface area contributed by atoms with Crippen LogP contribution in [0.2, 0.25) is 6.32 Å². The van der Waals surface area contributed by atoms with Gasteiger partial charge in [-0.2, -0.15) is 0 Å². The molecule has 0 amide bonds. The van der Waals surface area contributed by atoms with Gasteiger partial charge in [0.25, 0.3) is 0 Å². The van der Waals surface area contributed by atoms with E-state index in [1.807, 2.05) is 40.7 Å². The average Bonchev–Trinajstić information content (AvgIpc) is 2.56. The van der Waals surface area contributed by atoms with Gasteiger partial charge in [-0.05, 0) is 41.0 Å². The number of ether oxygens (including phenoxy) is 1. The van der Waals surface area contributed by atoms with E-state index in [4.69, 9.17) is 14.0 Å². The third-order valence-electron chi connectivity index (χ3n) is 4.17. The fraction of sp³-hybridized carbons (Fsp3) is 0.812. The van der Waals surface area contributed by atoms with Crippen LogP contribution in [0.4, 0.5) is 0 Å². The highest BCUT2D eigenvalue weighted by Crippen LogP contribution is 2.38. The Kier molecular flexibility index (Phi) is 6.48. The number of hydrogen-bond acceptors (Lipinski definition) is 4. The maximum atomic E-state index is 12.0. The molecule has 4 nitrogen and oxygen atoms in total. The zero-order chi connectivity index (χ0) is 16.1. The molecule has 1 saturated heterocycles. The Morgan fingerprint density at radius 2 is 1.71 bits per heavy atom. The first-order valence-corrected chi connectivity index (χ1v) is 7.95. The molecule has 120 valence electrons. The predicted molar refractivity (Wildman–Crippen MR) is 85.1 cm³/mol. The normalized spacial score (nSPS) is 20.7. The van der Waals surface area contributed by atoms with Gasteiger partial charge in [-0.25, -0.2) is 4.79 Å². The molecule has 5 heteroatoms. The molecule has 0 bridgehead atoms. The summed E-state index contributed by atoms with van der Waals surface area (Å²) in [4.78, 5) is 12.0. The third-order valence-corrected chi connectivity index (χ3v) is 4.17. The van der Waals surface area contributed by atoms with Crippen molar-refractivity contribution in [3.05, 3.63) is 11.6 Å². The Morgan fingerprint density at radius 3 is 2.19 bits per heavy atom. The molecular weight excluding hydrogens is 267 g/mol. The molecule has 0 spiro atoms. The highest BCUT2D eigenvalue weighted by Gasteiger charge is 2.51. The van der Waals surface area contributed by atoms with Crippen molar-refractivity contribution in [2.45, 2.75) is 78.3 Å². The van der Waals surface area contributed by atoms with Gasteiger partial charge < -0.3 is 14.0 Å². The van der Waals surface area contributed by atoms with Gasteiger partial charge in [0, 0.05) is 11.9 Å². The van der Waals surface area contributed by atoms with Gasteiger partial charge in [-0.3, -0.25) is 0 Å². The first-order valence-electron chi connectivity index (χ1n) is 7.95. The summed E-state index contributed by atoms with van der Waals surface area (Å²) in [6.07, 6.45) is 5.45. The second-order valence-electron chi connectivity index (χ2n) is 6.48. The van der Waals surface area contributed by atoms with Gasteiger partial charge in [0.2, 0.25) is 0 Å². The van der Waals surface area contributed by atoms with Crippen LogP contribution in [0.1, 0.15) is 60.8 Å². The minimum absolute atomic E-state index is 0.261. The minimum atomic E-state index is -0.396. The Morgan fingerprint density at radius 1 is 1.14 bits per heavy atom. The number of carbonyl (C=O) groups excluding carboxylic acids is 1. The zero-order valence-electron chi connectivity index (χ0n) is 14.3. The zero-order valence-corrected chi connectivity index (χ0v) is 14.3. The summed E-state index contributed by atoms with van der Waals surface area (Å²) < 4.78 is 17.0. The van der Waals surface area contributed by atoms with Crippen LogP contribution < -0.4 is 0 Å². The van der Waals surface area contributed by atoms with Crippen molar-refractivity contribution in [1.82, 2.24) is 0 Å². The Balaban J connectivity index is 2.74. The number of hydrogen-bond donors (Lipinski definition) is 0. The fourth-order valence-electron chi connectivity index (χ4n) is 2.18. The summed E-state index contributed by atoms with van der Waals surface area (Å²) in [7, 11) is -0.396. The van der Waals surface area contributed by atoms with Gasteiger partial charge in [-0.1, -0.05) is 25.8 Å². The summed E-state index contributed by atoms with van der Waals surface area (Å²) in [5, 5.41) is 0. The van der Waals surface area contributed by atoms with Crippen LogP contribution in [0.25, 0.3) is 0 Å². The average molecular weight is 296 g/mol. The van der Waals surface area contributed by atoms with Crippen LogP contribution in [0, 0.1) is 0 Å². The predicted octanol–water partition coefficient (Wildman–Crippen LogP) is 3.76. The lowest BCUT2D eigenvalue weighted by molar-refractivity contribution is -0.138. The van der Waals surface area contributed by atoms with Gasteiger partial charge in [0.15, 0.2) is 0 Å². The van der Waals surface area contributed by atoms with Crippen molar-refractivity contribution in [3.63, 3.8) is 0 Å². The van der Waals surface area contributed by atoms with Gasteiger partial charge in [-0.15, -0.1) is 0 Å². The lowest BCUT2D eigenvalue weighted by Gasteiger charge is -2.32. The van der Waals surface area contributed by atoms with E-state index < -0.39 is 7.12 Å². The van der Waals surface area contributed by atoms with Crippen LogP contribution in [0.3, 0.4) is 0 Å². The molecule has 0 aromatic carbocycles. The first-order chi connectivity index (χ1) is 9.73. The SMILES string of the molecule is CCCC/C=C(\CB1OC(C)(C)C(C)(C)O1)C(=O)OCC. The standard InChI is InChI=1S/C16H29BO4/c1-7-9-10-11-13(14(18)19-8-2)12-17-20-15(3,4)16(5,6)21-17/h11H,7-10,12H2,1-6H3/b13-11+. The molecule has 0 atom stereocenters. The van der Waals surface area contributed by atoms with Crippen molar-refractivity contribution >= 4 is 13.1 Å². The molecule has 0 N–H and O–H groups in total. The second-order valence-corrected chi connectivity index (χ2v) is 6.48. The van der Waals surface area contributed by atoms with Crippen LogP contribution in [0.5, 0.6) is 0 Å². The molecule has 1 aliphatic heterocycles. The van der Waals surface area contributed by atoms with E-state index in [1.54, 1.807) is 0 Å². The molecule has 1 fully saturated rings. The van der Waals surface area contributed by atoms with Crippen molar-refractivity contribution in [2.24, 2.45) is 0 Å². The summed E-state index contributed by atoms with van der Waals surface area (Å²) >= 11 is 0. The summed E-state index contributed by atoms with van der Waals surface area (Å²) in [5.41, 5.74) is -0.0920. The number of esters is 1. The van der Waals surface area contributed by atoms with Gasteiger partial charge in [0.05, 0.1) is 17.8 Å². The largest absolute Gasteiger partial charge is 0.463 e. The molecule has 0 radical (unpaired) electrons. The fourth-order valence-corrected chi connectivity index (χ4v) is 2.18. The summed E-state index contributed by atoms with van der Waals surface area (Å²) in [6, 6.07) is 0. The molecule has 0 saturated carbocycles. The molecule has 0 unspecified atom stereocenters. The molecule has 1 heterocycles. The number of unbranched alkanes of at least 4 members (excludes halogenated alkanes) is 2. The molecule has 0 aliphatic carbocycles. The number of carbonyl (C=O) groups is 1. The van der Waals surface area contributed by atoms with E-state index in [2.05, 4.69) is 6.92 Å². The molecule has 21 heavy (non-hydrogen) atoms. The van der Waals surface area contributed by atoms with Crippen molar-refractivity contribution in [2.75, 3.05) is 6.61 Å². The van der Waals surface area contributed by atoms with E-state index in [1.165, 1.54) is 0 Å². The molecular formula is C16H29BO4. The Hall–Kier alpha value is -0.805. The summed E-state index contributed by atoms with van der Waals surface area (Å²) in [6.45, 7) is 12.4. The van der Waals surface area contributed by atoms with Crippen LogP contribution in [-0.2, 0) is 18.8 Å². The van der Waals surface area contributed by atoms with Crippen molar-refractivity contribution in [3.8, 4) is 0 Å². The summed E-state index contributed by atoms with van der Waals surface area (Å²) in [5.74, 6) is -0.261. The van der Waals surface area contributed by atoms with E-state index in [0.29, 0.717) is 18.5 Å². The monoisotopic (exact) mass is 296 g/mol. The van der Waals surface area contributed by atoms with Crippen LogP contribution in [-0.4, -0.2) is 30.9 Å². The number of rotatable bonds is 7. The maximum Gasteiger partial charge on any atom is 0.462 e. The van der Waals surface area contributed by atoms with Crippen molar-refractivity contribution in [1.29, 1.82) is 0 Å².